The number of carbonyl (C=O) groups excluding carboxylic acids is 1. The third kappa shape index (κ3) is 6.49. The minimum Gasteiger partial charge on any atom is -0.339 e. The van der Waals surface area contributed by atoms with Crippen molar-refractivity contribution < 1.29 is 13.2 Å². The molecule has 1 amide bonds. The number of piperidine rings is 2. The molecule has 0 spiro atoms. The van der Waals surface area contributed by atoms with Gasteiger partial charge in [0.1, 0.15) is 0 Å². The number of amides is 1. The van der Waals surface area contributed by atoms with E-state index in [0.717, 1.165) is 48.7 Å². The number of sulfonamides is 1. The zero-order valence-electron chi connectivity index (χ0n) is 21.3. The Morgan fingerprint density at radius 3 is 2.55 bits per heavy atom. The Morgan fingerprint density at radius 1 is 1.03 bits per heavy atom. The van der Waals surface area contributed by atoms with Crippen molar-refractivity contribution in [3.63, 3.8) is 0 Å². The summed E-state index contributed by atoms with van der Waals surface area (Å²) < 4.78 is 27.3. The Balaban J connectivity index is 1.21. The van der Waals surface area contributed by atoms with Gasteiger partial charge in [0.2, 0.25) is 10.0 Å². The van der Waals surface area contributed by atoms with Crippen LogP contribution in [-0.2, 0) is 16.4 Å². The monoisotopic (exact) mass is 574 g/mol. The number of pyridine rings is 1. The van der Waals surface area contributed by atoms with Gasteiger partial charge in [-0.15, -0.1) is 0 Å². The molecule has 2 saturated heterocycles. The van der Waals surface area contributed by atoms with Crippen LogP contribution in [0, 0.1) is 5.92 Å². The van der Waals surface area contributed by atoms with Gasteiger partial charge < -0.3 is 4.90 Å². The number of fused-ring (bicyclic) bond motifs is 1. The zero-order valence-corrected chi connectivity index (χ0v) is 23.6. The number of nitrogens with zero attached hydrogens (tertiary/aromatic N) is 3. The fourth-order valence-corrected chi connectivity index (χ4v) is 6.94. The first-order chi connectivity index (χ1) is 18.2. The minimum absolute atomic E-state index is 0.0474. The summed E-state index contributed by atoms with van der Waals surface area (Å²) in [5.41, 5.74) is 2.61. The number of rotatable bonds is 6. The van der Waals surface area contributed by atoms with Crippen molar-refractivity contribution in [2.45, 2.75) is 37.8 Å². The number of halogens is 2. The molecule has 3 aromatic rings. The van der Waals surface area contributed by atoms with Gasteiger partial charge in [0, 0.05) is 48.9 Å². The number of carbonyl (C=O) groups is 1. The first kappa shape index (κ1) is 27.3. The van der Waals surface area contributed by atoms with Crippen LogP contribution in [-0.4, -0.2) is 73.6 Å². The SMILES string of the molecule is CS(=O)(=O)N[C@@H]1CN(C2CCN(C(=O)c3ccc4ncccc4c3)CC2)CCC1Cc1ccc(Cl)c(Cl)c1. The van der Waals surface area contributed by atoms with Crippen molar-refractivity contribution in [3.05, 3.63) is 75.9 Å². The molecule has 2 aliphatic heterocycles. The largest absolute Gasteiger partial charge is 0.339 e. The van der Waals surface area contributed by atoms with Crippen molar-refractivity contribution in [2.75, 3.05) is 32.4 Å². The van der Waals surface area contributed by atoms with E-state index in [1.165, 1.54) is 6.26 Å². The Hall–Kier alpha value is -2.23. The molecule has 2 aliphatic rings. The molecule has 5 rings (SSSR count). The van der Waals surface area contributed by atoms with E-state index in [1.54, 1.807) is 12.3 Å². The van der Waals surface area contributed by atoms with Gasteiger partial charge in [-0.2, -0.15) is 0 Å². The maximum Gasteiger partial charge on any atom is 0.253 e. The fourth-order valence-electron chi connectivity index (χ4n) is 5.80. The zero-order chi connectivity index (χ0) is 26.9. The highest BCUT2D eigenvalue weighted by molar-refractivity contribution is 7.88. The quantitative estimate of drug-likeness (QED) is 0.464. The van der Waals surface area contributed by atoms with Crippen molar-refractivity contribution in [3.8, 4) is 0 Å². The Kier molecular flexibility index (Phi) is 8.26. The predicted molar refractivity (Wildman–Crippen MR) is 152 cm³/mol. The summed E-state index contributed by atoms with van der Waals surface area (Å²) >= 11 is 12.3. The van der Waals surface area contributed by atoms with Crippen LogP contribution in [0.25, 0.3) is 10.9 Å². The number of hydrogen-bond acceptors (Lipinski definition) is 5. The van der Waals surface area contributed by atoms with Gasteiger partial charge in [-0.05, 0) is 80.1 Å². The van der Waals surface area contributed by atoms with E-state index in [4.69, 9.17) is 23.2 Å². The average molecular weight is 576 g/mol. The van der Waals surface area contributed by atoms with Crippen LogP contribution in [0.1, 0.15) is 35.2 Å². The average Bonchev–Trinajstić information content (AvgIpc) is 2.90. The lowest BCUT2D eigenvalue weighted by molar-refractivity contribution is 0.0501. The van der Waals surface area contributed by atoms with Crippen LogP contribution >= 0.6 is 23.2 Å². The molecule has 3 heterocycles. The lowest BCUT2D eigenvalue weighted by Crippen LogP contribution is -2.57. The van der Waals surface area contributed by atoms with Crippen molar-refractivity contribution in [2.24, 2.45) is 5.92 Å². The summed E-state index contributed by atoms with van der Waals surface area (Å²) in [4.78, 5) is 21.9. The molecule has 0 radical (unpaired) electrons. The molecule has 1 aromatic heterocycles. The van der Waals surface area contributed by atoms with E-state index in [0.29, 0.717) is 41.3 Å². The third-order valence-corrected chi connectivity index (χ3v) is 9.22. The first-order valence-electron chi connectivity index (χ1n) is 13.0. The number of benzene rings is 2. The lowest BCUT2D eigenvalue weighted by Gasteiger charge is -2.45. The van der Waals surface area contributed by atoms with Crippen molar-refractivity contribution in [1.82, 2.24) is 19.5 Å². The standard InChI is InChI=1S/C28H32Cl2N4O3S/c1-38(36,37)32-27-18-34(12-8-21(27)15-19-4-6-24(29)25(30)16-19)23-9-13-33(14-10-23)28(35)22-5-7-26-20(17-22)3-2-11-31-26/h2-7,11,16-17,21,23,27,32H,8-10,12-15,18H2,1H3/t21?,27-/m1/s1. The molecule has 7 nitrogen and oxygen atoms in total. The number of hydrogen-bond donors (Lipinski definition) is 1. The minimum atomic E-state index is -3.37. The van der Waals surface area contributed by atoms with Gasteiger partial charge >= 0.3 is 0 Å². The maximum absolute atomic E-state index is 13.2. The van der Waals surface area contributed by atoms with Crippen molar-refractivity contribution in [1.29, 1.82) is 0 Å². The van der Waals surface area contributed by atoms with E-state index in [2.05, 4.69) is 14.6 Å². The Bertz CT molecular complexity index is 1430. The molecule has 202 valence electrons. The van der Waals surface area contributed by atoms with Crippen molar-refractivity contribution >= 4 is 50.0 Å². The molecule has 2 atom stereocenters. The van der Waals surface area contributed by atoms with Gasteiger partial charge in [-0.1, -0.05) is 35.3 Å². The van der Waals surface area contributed by atoms with E-state index >= 15 is 0 Å². The van der Waals surface area contributed by atoms with Crippen LogP contribution in [0.3, 0.4) is 0 Å². The molecule has 0 aliphatic carbocycles. The molecule has 2 aromatic carbocycles. The van der Waals surface area contributed by atoms with Gasteiger partial charge in [-0.25, -0.2) is 13.1 Å². The first-order valence-corrected chi connectivity index (χ1v) is 15.6. The molecule has 0 bridgehead atoms. The molecular formula is C28H32Cl2N4O3S. The number of nitrogens with one attached hydrogen (secondary N) is 1. The highest BCUT2D eigenvalue weighted by Gasteiger charge is 2.36. The second kappa shape index (κ2) is 11.5. The summed E-state index contributed by atoms with van der Waals surface area (Å²) in [6, 6.07) is 15.2. The second-order valence-corrected chi connectivity index (χ2v) is 13.0. The molecule has 2 fully saturated rings. The summed E-state index contributed by atoms with van der Waals surface area (Å²) in [5, 5.41) is 1.98. The summed E-state index contributed by atoms with van der Waals surface area (Å²) in [7, 11) is -3.37. The summed E-state index contributed by atoms with van der Waals surface area (Å²) in [5.74, 6) is 0.202. The van der Waals surface area contributed by atoms with E-state index in [1.807, 2.05) is 47.4 Å². The smallest absolute Gasteiger partial charge is 0.253 e. The maximum atomic E-state index is 13.2. The topological polar surface area (TPSA) is 82.6 Å². The van der Waals surface area contributed by atoms with Crippen LogP contribution in [0.2, 0.25) is 10.0 Å². The van der Waals surface area contributed by atoms with E-state index < -0.39 is 10.0 Å². The van der Waals surface area contributed by atoms with Gasteiger partial charge in [0.05, 0.1) is 21.8 Å². The van der Waals surface area contributed by atoms with E-state index in [-0.39, 0.29) is 17.9 Å². The summed E-state index contributed by atoms with van der Waals surface area (Å²) in [6.07, 6.45) is 6.30. The summed E-state index contributed by atoms with van der Waals surface area (Å²) in [6.45, 7) is 2.91. The van der Waals surface area contributed by atoms with Crippen LogP contribution in [0.4, 0.5) is 0 Å². The normalized spacial score (nSPS) is 21.6. The van der Waals surface area contributed by atoms with Crippen LogP contribution in [0.5, 0.6) is 0 Å². The number of aromatic nitrogens is 1. The molecule has 38 heavy (non-hydrogen) atoms. The van der Waals surface area contributed by atoms with Crippen LogP contribution < -0.4 is 4.72 Å². The molecule has 1 N–H and O–H groups in total. The van der Waals surface area contributed by atoms with Gasteiger partial charge in [0.25, 0.3) is 5.91 Å². The highest BCUT2D eigenvalue weighted by Crippen LogP contribution is 2.30. The molecule has 0 saturated carbocycles. The fraction of sp³-hybridized carbons (Fsp3) is 0.429. The van der Waals surface area contributed by atoms with Gasteiger partial charge in [-0.3, -0.25) is 14.7 Å². The van der Waals surface area contributed by atoms with E-state index in [9.17, 15) is 13.2 Å². The van der Waals surface area contributed by atoms with Gasteiger partial charge in [0.15, 0.2) is 0 Å². The molecule has 1 unspecified atom stereocenters. The molecule has 10 heteroatoms. The predicted octanol–water partition coefficient (Wildman–Crippen LogP) is 4.63. The Labute approximate surface area is 234 Å². The lowest BCUT2D eigenvalue weighted by atomic mass is 9.85. The third-order valence-electron chi connectivity index (χ3n) is 7.75. The highest BCUT2D eigenvalue weighted by atomic mass is 35.5. The second-order valence-electron chi connectivity index (χ2n) is 10.4. The molecular weight excluding hydrogens is 543 g/mol. The van der Waals surface area contributed by atoms with Crippen LogP contribution in [0.15, 0.2) is 54.7 Å². The number of likely N-dealkylation sites (tertiary alicyclic amines) is 2. The Morgan fingerprint density at radius 2 is 1.82 bits per heavy atom.